The van der Waals surface area contributed by atoms with Gasteiger partial charge in [0, 0.05) is 7.05 Å². The first kappa shape index (κ1) is 24.3. The van der Waals surface area contributed by atoms with Gasteiger partial charge in [-0.05, 0) is 74.6 Å². The summed E-state index contributed by atoms with van der Waals surface area (Å²) >= 11 is 0. The van der Waals surface area contributed by atoms with Gasteiger partial charge in [0.2, 0.25) is 0 Å². The second kappa shape index (κ2) is 10.3. The van der Waals surface area contributed by atoms with Gasteiger partial charge in [-0.25, -0.2) is 9.67 Å². The summed E-state index contributed by atoms with van der Waals surface area (Å²) in [6.07, 6.45) is 2.77. The lowest BCUT2D eigenvalue weighted by Gasteiger charge is -2.27. The summed E-state index contributed by atoms with van der Waals surface area (Å²) in [4.78, 5) is 17.6. The zero-order chi connectivity index (χ0) is 25.9. The minimum atomic E-state index is -0.754. The number of aliphatic carboxylic acids is 1. The third-order valence-corrected chi connectivity index (χ3v) is 6.55. The number of aryl methyl sites for hydroxylation is 3. The molecule has 12 heteroatoms. The molecule has 0 aliphatic heterocycles. The molecular formula is C25H29N9O3. The van der Waals surface area contributed by atoms with E-state index in [-0.39, 0.29) is 12.0 Å². The van der Waals surface area contributed by atoms with Crippen molar-refractivity contribution < 1.29 is 14.6 Å². The van der Waals surface area contributed by atoms with Crippen molar-refractivity contribution in [2.24, 2.45) is 13.0 Å². The molecule has 1 aromatic carbocycles. The average molecular weight is 504 g/mol. The number of rotatable bonds is 8. The number of nitrogens with zero attached hydrogens (tertiary/aromatic N) is 8. The van der Waals surface area contributed by atoms with Gasteiger partial charge in [0.1, 0.15) is 11.4 Å². The quantitative estimate of drug-likeness (QED) is 0.368. The average Bonchev–Trinajstić information content (AvgIpc) is 3.51. The van der Waals surface area contributed by atoms with Crippen molar-refractivity contribution in [2.45, 2.75) is 52.2 Å². The van der Waals surface area contributed by atoms with E-state index in [1.165, 1.54) is 4.80 Å². The van der Waals surface area contributed by atoms with E-state index >= 15 is 0 Å². The summed E-state index contributed by atoms with van der Waals surface area (Å²) in [5.41, 5.74) is 4.76. The Morgan fingerprint density at radius 2 is 2.03 bits per heavy atom. The Balaban J connectivity index is 1.28. The Bertz CT molecular complexity index is 1410. The number of hydrogen-bond donors (Lipinski definition) is 2. The topological polar surface area (TPSA) is 146 Å². The number of hydrogen-bond acceptors (Lipinski definition) is 9. The normalized spacial score (nSPS) is 17.5. The summed E-state index contributed by atoms with van der Waals surface area (Å²) < 4.78 is 7.82. The van der Waals surface area contributed by atoms with Crippen LogP contribution >= 0.6 is 0 Å². The summed E-state index contributed by atoms with van der Waals surface area (Å²) in [7, 11) is 1.82. The highest BCUT2D eigenvalue weighted by atomic mass is 16.5. The van der Waals surface area contributed by atoms with E-state index in [4.69, 9.17) is 9.72 Å². The zero-order valence-corrected chi connectivity index (χ0v) is 21.0. The molecule has 0 saturated heterocycles. The van der Waals surface area contributed by atoms with Crippen molar-refractivity contribution in [3.8, 4) is 22.8 Å². The molecule has 1 saturated carbocycles. The molecule has 0 spiro atoms. The van der Waals surface area contributed by atoms with Crippen LogP contribution < -0.4 is 10.1 Å². The van der Waals surface area contributed by atoms with Crippen LogP contribution in [0.2, 0.25) is 0 Å². The fraction of sp³-hybridized carbons (Fsp3) is 0.400. The largest absolute Gasteiger partial charge is 0.489 e. The van der Waals surface area contributed by atoms with Gasteiger partial charge >= 0.3 is 5.97 Å². The van der Waals surface area contributed by atoms with Crippen LogP contribution in [0.25, 0.3) is 17.1 Å². The van der Waals surface area contributed by atoms with Gasteiger partial charge in [0.05, 0.1) is 41.3 Å². The molecular weight excluding hydrogens is 474 g/mol. The number of nitrogens with one attached hydrogen (secondary N) is 1. The summed E-state index contributed by atoms with van der Waals surface area (Å²) in [5, 5.41) is 33.7. The number of carbonyl (C=O) groups is 1. The number of aromatic nitrogens is 8. The molecule has 12 nitrogen and oxygen atoms in total. The predicted octanol–water partition coefficient (Wildman–Crippen LogP) is 3.10. The van der Waals surface area contributed by atoms with Crippen molar-refractivity contribution >= 4 is 11.9 Å². The minimum absolute atomic E-state index is 0.127. The predicted molar refractivity (Wildman–Crippen MR) is 134 cm³/mol. The first-order chi connectivity index (χ1) is 17.9. The molecule has 0 amide bonds. The van der Waals surface area contributed by atoms with Gasteiger partial charge < -0.3 is 15.2 Å². The molecule has 5 rings (SSSR count). The molecule has 1 aliphatic carbocycles. The highest BCUT2D eigenvalue weighted by Gasteiger charge is 2.28. The van der Waals surface area contributed by atoms with Crippen LogP contribution in [0.15, 0.2) is 36.4 Å². The smallest absolute Gasteiger partial charge is 0.306 e. The first-order valence-corrected chi connectivity index (χ1v) is 12.2. The van der Waals surface area contributed by atoms with Gasteiger partial charge in [-0.1, -0.05) is 22.4 Å². The lowest BCUT2D eigenvalue weighted by Crippen LogP contribution is -2.29. The van der Waals surface area contributed by atoms with E-state index in [0.29, 0.717) is 48.2 Å². The second-order valence-corrected chi connectivity index (χ2v) is 9.33. The van der Waals surface area contributed by atoms with Crippen LogP contribution in [-0.2, 0) is 18.4 Å². The maximum atomic E-state index is 11.4. The van der Waals surface area contributed by atoms with Gasteiger partial charge in [-0.15, -0.1) is 15.0 Å². The highest BCUT2D eigenvalue weighted by Crippen LogP contribution is 2.30. The Morgan fingerprint density at radius 1 is 1.16 bits per heavy atom. The van der Waals surface area contributed by atoms with Crippen LogP contribution in [0.5, 0.6) is 5.75 Å². The summed E-state index contributed by atoms with van der Waals surface area (Å²) in [6, 6.07) is 11.6. The Hall–Kier alpha value is -4.35. The Kier molecular flexibility index (Phi) is 6.80. The molecule has 192 valence electrons. The monoisotopic (exact) mass is 503 g/mol. The summed E-state index contributed by atoms with van der Waals surface area (Å²) in [5.74, 6) is -0.0713. The SMILES string of the molecule is Cc1cccc(-n2nnc(NCc3c(-c4ccc(O[C@H]5CCC[C@H](C(=O)O)C5)c(C)n4)nnn3C)n2)c1. The number of ether oxygens (including phenoxy) is 1. The molecule has 2 N–H and O–H groups in total. The van der Waals surface area contributed by atoms with Crippen LogP contribution in [0.1, 0.15) is 42.6 Å². The van der Waals surface area contributed by atoms with Crippen LogP contribution in [0.4, 0.5) is 5.95 Å². The van der Waals surface area contributed by atoms with Crippen molar-refractivity contribution in [2.75, 3.05) is 5.32 Å². The summed E-state index contributed by atoms with van der Waals surface area (Å²) in [6.45, 7) is 4.25. The van der Waals surface area contributed by atoms with Gasteiger partial charge in [0.15, 0.2) is 0 Å². The Morgan fingerprint density at radius 3 is 2.81 bits per heavy atom. The van der Waals surface area contributed by atoms with Crippen molar-refractivity contribution in [3.05, 3.63) is 53.3 Å². The zero-order valence-electron chi connectivity index (χ0n) is 21.0. The second-order valence-electron chi connectivity index (χ2n) is 9.33. The third kappa shape index (κ3) is 5.42. The molecule has 4 aromatic rings. The number of carboxylic acids is 1. The van der Waals surface area contributed by atoms with Crippen LogP contribution in [0.3, 0.4) is 0 Å². The maximum Gasteiger partial charge on any atom is 0.306 e. The van der Waals surface area contributed by atoms with Crippen molar-refractivity contribution in [1.29, 1.82) is 0 Å². The van der Waals surface area contributed by atoms with Crippen LogP contribution in [-0.4, -0.2) is 57.4 Å². The molecule has 3 aromatic heterocycles. The Labute approximate surface area is 213 Å². The van der Waals surface area contributed by atoms with E-state index < -0.39 is 5.97 Å². The number of carboxylic acid groups (broad SMARTS) is 1. The van der Waals surface area contributed by atoms with E-state index in [1.807, 2.05) is 57.3 Å². The van der Waals surface area contributed by atoms with Gasteiger partial charge in [-0.3, -0.25) is 4.79 Å². The molecule has 37 heavy (non-hydrogen) atoms. The fourth-order valence-electron chi connectivity index (χ4n) is 4.54. The number of tetrazole rings is 1. The van der Waals surface area contributed by atoms with E-state index in [1.54, 1.807) is 4.68 Å². The molecule has 0 bridgehead atoms. The number of pyridine rings is 1. The molecule has 0 radical (unpaired) electrons. The highest BCUT2D eigenvalue weighted by molar-refractivity contribution is 5.70. The standard InChI is InChI=1S/C25H29N9O3/c1-15-6-4-8-18(12-15)34-30-25(29-32-34)26-14-21-23(28-31-33(21)3)20-10-11-22(16(2)27-20)37-19-9-5-7-17(13-19)24(35)36/h4,6,8,10-12,17,19H,5,7,9,13-14H2,1-3H3,(H,26,30)(H,35,36)/t17-,19-/m0/s1. The number of anilines is 1. The molecule has 1 aliphatic rings. The van der Waals surface area contributed by atoms with Gasteiger partial charge in [0.25, 0.3) is 5.95 Å². The van der Waals surface area contributed by atoms with Gasteiger partial charge in [-0.2, -0.15) is 0 Å². The van der Waals surface area contributed by atoms with Crippen molar-refractivity contribution in [1.82, 2.24) is 40.2 Å². The molecule has 2 atom stereocenters. The number of benzene rings is 1. The maximum absolute atomic E-state index is 11.4. The first-order valence-electron chi connectivity index (χ1n) is 12.2. The van der Waals surface area contributed by atoms with E-state index in [2.05, 4.69) is 31.0 Å². The van der Waals surface area contributed by atoms with E-state index in [9.17, 15) is 9.90 Å². The third-order valence-electron chi connectivity index (χ3n) is 6.55. The minimum Gasteiger partial charge on any atom is -0.489 e. The van der Waals surface area contributed by atoms with Crippen molar-refractivity contribution in [3.63, 3.8) is 0 Å². The molecule has 3 heterocycles. The van der Waals surface area contributed by atoms with Crippen LogP contribution in [0, 0.1) is 19.8 Å². The lowest BCUT2D eigenvalue weighted by atomic mass is 9.87. The molecule has 1 fully saturated rings. The lowest BCUT2D eigenvalue weighted by molar-refractivity contribution is -0.143. The van der Waals surface area contributed by atoms with E-state index in [0.717, 1.165) is 29.8 Å². The molecule has 0 unspecified atom stereocenters. The fourth-order valence-corrected chi connectivity index (χ4v) is 4.54.